The van der Waals surface area contributed by atoms with Crippen molar-refractivity contribution in [3.05, 3.63) is 58.6 Å². The normalized spacial score (nSPS) is 34.1. The molecule has 0 aliphatic carbocycles. The number of carbonyl (C=O) groups is 1. The quantitative estimate of drug-likeness (QED) is 0.531. The maximum Gasteiger partial charge on any atom is 0.351 e. The molecule has 1 aromatic heterocycles. The number of nitrogens with zero attached hydrogens (tertiary/aromatic N) is 3. The van der Waals surface area contributed by atoms with E-state index in [1.807, 2.05) is 18.2 Å². The van der Waals surface area contributed by atoms with E-state index in [0.717, 1.165) is 24.9 Å². The van der Waals surface area contributed by atoms with Gasteiger partial charge in [0, 0.05) is 26.8 Å². The third-order valence-electron chi connectivity index (χ3n) is 7.04. The summed E-state index contributed by atoms with van der Waals surface area (Å²) in [5.41, 5.74) is -0.0559. The molecule has 1 unspecified atom stereocenters. The maximum absolute atomic E-state index is 12.7. The molecule has 3 aliphatic heterocycles. The Balaban J connectivity index is 1.40. The molecule has 11 nitrogen and oxygen atoms in total. The van der Waals surface area contributed by atoms with E-state index in [4.69, 9.17) is 18.5 Å². The van der Waals surface area contributed by atoms with Gasteiger partial charge in [-0.25, -0.2) is 9.46 Å². The number of rotatable bonds is 7. The number of anilines is 1. The average Bonchev–Trinajstić information content (AvgIpc) is 3.55. The zero-order valence-corrected chi connectivity index (χ0v) is 21.3. The summed E-state index contributed by atoms with van der Waals surface area (Å²) in [5, 5.41) is 12.6. The molecular formula is C24H31N4O7P. The Morgan fingerprint density at radius 3 is 2.75 bits per heavy atom. The van der Waals surface area contributed by atoms with Gasteiger partial charge in [-0.1, -0.05) is 30.3 Å². The highest BCUT2D eigenvalue weighted by atomic mass is 31.2. The first kappa shape index (κ1) is 25.4. The van der Waals surface area contributed by atoms with Crippen LogP contribution in [0, 0.1) is 0 Å². The lowest BCUT2D eigenvalue weighted by molar-refractivity contribution is -0.114. The van der Waals surface area contributed by atoms with Crippen LogP contribution in [0.1, 0.15) is 38.5 Å². The number of methoxy groups -OCH3 is 1. The molecule has 1 amide bonds. The number of carbonyl (C=O) groups excluding carboxylic acids is 1. The SMILES string of the molecule is CO[C@H]1C(O[P@@]2O[C@](C)(c3ccccc3)[C@@H]3CCCN32)[C@@H](CO)O[C@H]1n1ccc(NC(C)=O)nc1=O. The smallest absolute Gasteiger partial charge is 0.351 e. The minimum atomic E-state index is -1.47. The Morgan fingerprint density at radius 2 is 2.08 bits per heavy atom. The van der Waals surface area contributed by atoms with Gasteiger partial charge in [0.15, 0.2) is 6.23 Å². The molecule has 0 bridgehead atoms. The van der Waals surface area contributed by atoms with Crippen molar-refractivity contribution in [1.82, 2.24) is 14.2 Å². The Bertz CT molecular complexity index is 1150. The number of ether oxygens (including phenoxy) is 2. The number of aromatic nitrogens is 2. The highest BCUT2D eigenvalue weighted by molar-refractivity contribution is 7.45. The Kier molecular flexibility index (Phi) is 7.24. The van der Waals surface area contributed by atoms with Gasteiger partial charge in [-0.05, 0) is 31.4 Å². The fraction of sp³-hybridized carbons (Fsp3) is 0.542. The number of nitrogens with one attached hydrogen (secondary N) is 1. The molecule has 0 spiro atoms. The number of hydrogen-bond acceptors (Lipinski definition) is 9. The van der Waals surface area contributed by atoms with Gasteiger partial charge in [-0.3, -0.25) is 9.36 Å². The van der Waals surface area contributed by atoms with E-state index in [1.165, 1.54) is 30.9 Å². The molecule has 3 fully saturated rings. The molecule has 5 rings (SSSR count). The number of hydrogen-bond donors (Lipinski definition) is 2. The van der Waals surface area contributed by atoms with Gasteiger partial charge in [-0.2, -0.15) is 4.98 Å². The van der Waals surface area contributed by atoms with Crippen molar-refractivity contribution >= 4 is 20.3 Å². The fourth-order valence-corrected chi connectivity index (χ4v) is 7.45. The van der Waals surface area contributed by atoms with Crippen molar-refractivity contribution in [2.45, 2.75) is 62.9 Å². The number of aliphatic hydroxyl groups excluding tert-OH is 1. The minimum Gasteiger partial charge on any atom is -0.394 e. The van der Waals surface area contributed by atoms with Gasteiger partial charge >= 0.3 is 5.69 Å². The first-order chi connectivity index (χ1) is 17.4. The summed E-state index contributed by atoms with van der Waals surface area (Å²) in [6.07, 6.45) is 0.515. The van der Waals surface area contributed by atoms with Crippen LogP contribution in [-0.4, -0.2) is 69.9 Å². The maximum atomic E-state index is 12.7. The van der Waals surface area contributed by atoms with Crippen LogP contribution in [0.25, 0.3) is 0 Å². The first-order valence-corrected chi connectivity index (χ1v) is 13.1. The molecule has 1 aromatic carbocycles. The molecule has 2 aromatic rings. The molecule has 36 heavy (non-hydrogen) atoms. The summed E-state index contributed by atoms with van der Waals surface area (Å²) in [7, 11) is 0.0389. The molecule has 7 atom stereocenters. The van der Waals surface area contributed by atoms with Gasteiger partial charge in [0.25, 0.3) is 8.53 Å². The first-order valence-electron chi connectivity index (χ1n) is 12.0. The van der Waals surface area contributed by atoms with Gasteiger partial charge in [0.2, 0.25) is 5.91 Å². The van der Waals surface area contributed by atoms with E-state index < -0.39 is 44.4 Å². The predicted molar refractivity (Wildman–Crippen MR) is 131 cm³/mol. The minimum absolute atomic E-state index is 0.144. The van der Waals surface area contributed by atoms with Crippen molar-refractivity contribution in [1.29, 1.82) is 0 Å². The zero-order valence-electron chi connectivity index (χ0n) is 20.4. The molecular weight excluding hydrogens is 487 g/mol. The fourth-order valence-electron chi connectivity index (χ4n) is 5.30. The van der Waals surface area contributed by atoms with Crippen LogP contribution >= 0.6 is 8.53 Å². The van der Waals surface area contributed by atoms with E-state index in [2.05, 4.69) is 34.0 Å². The monoisotopic (exact) mass is 518 g/mol. The molecule has 0 saturated carbocycles. The summed E-state index contributed by atoms with van der Waals surface area (Å²) in [5.74, 6) is -0.188. The van der Waals surface area contributed by atoms with Gasteiger partial charge in [0.05, 0.1) is 12.6 Å². The summed E-state index contributed by atoms with van der Waals surface area (Å²) in [4.78, 5) is 28.0. The summed E-state index contributed by atoms with van der Waals surface area (Å²) in [6, 6.07) is 11.8. The van der Waals surface area contributed by atoms with E-state index >= 15 is 0 Å². The Hall–Kier alpha value is -2.24. The van der Waals surface area contributed by atoms with Crippen molar-refractivity contribution in [3.8, 4) is 0 Å². The highest BCUT2D eigenvalue weighted by Crippen LogP contribution is 2.64. The van der Waals surface area contributed by atoms with E-state index in [1.54, 1.807) is 0 Å². The molecule has 3 aliphatic rings. The topological polar surface area (TPSA) is 124 Å². The molecule has 12 heteroatoms. The van der Waals surface area contributed by atoms with Gasteiger partial charge in [0.1, 0.15) is 29.7 Å². The summed E-state index contributed by atoms with van der Waals surface area (Å²) in [6.45, 7) is 3.97. The lowest BCUT2D eigenvalue weighted by Gasteiger charge is -2.29. The Morgan fingerprint density at radius 1 is 1.31 bits per heavy atom. The third kappa shape index (κ3) is 4.50. The van der Waals surface area contributed by atoms with Crippen LogP contribution in [0.5, 0.6) is 0 Å². The molecule has 2 N–H and O–H groups in total. The van der Waals surface area contributed by atoms with E-state index in [0.29, 0.717) is 0 Å². The second-order valence-electron chi connectivity index (χ2n) is 9.33. The number of fused-ring (bicyclic) bond motifs is 1. The lowest BCUT2D eigenvalue weighted by Crippen LogP contribution is -2.39. The van der Waals surface area contributed by atoms with Crippen LogP contribution in [0.4, 0.5) is 5.82 Å². The standard InChI is InChI=1S/C24H31N4O7P/c1-15(30)25-19-11-13-27(23(31)26-19)22-21(32-3)20(17(14-29)33-22)34-36-28-12-7-10-18(28)24(2,35-36)16-8-5-4-6-9-16/h4-6,8-9,11,13,17-18,20-22,29H,7,10,12,14H2,1-3H3,(H,25,26,30,31)/t17-,18+,20?,21+,22-,24-,36+/m1/s1. The average molecular weight is 519 g/mol. The van der Waals surface area contributed by atoms with Gasteiger partial charge in [-0.15, -0.1) is 0 Å². The van der Waals surface area contributed by atoms with Crippen LogP contribution < -0.4 is 11.0 Å². The Labute approximate surface area is 210 Å². The summed E-state index contributed by atoms with van der Waals surface area (Å²) < 4.78 is 28.5. The van der Waals surface area contributed by atoms with Crippen molar-refractivity contribution < 1.29 is 28.4 Å². The van der Waals surface area contributed by atoms with Crippen molar-refractivity contribution in [3.63, 3.8) is 0 Å². The van der Waals surface area contributed by atoms with Crippen LogP contribution in [0.15, 0.2) is 47.4 Å². The molecule has 3 saturated heterocycles. The van der Waals surface area contributed by atoms with E-state index in [9.17, 15) is 14.7 Å². The second kappa shape index (κ2) is 10.3. The van der Waals surface area contributed by atoms with Gasteiger partial charge < -0.3 is 28.9 Å². The molecule has 194 valence electrons. The number of benzene rings is 1. The molecule has 0 radical (unpaired) electrons. The van der Waals surface area contributed by atoms with E-state index in [-0.39, 0.29) is 24.4 Å². The highest BCUT2D eigenvalue weighted by Gasteiger charge is 2.57. The third-order valence-corrected chi connectivity index (χ3v) is 8.90. The number of amides is 1. The molecule has 4 heterocycles. The van der Waals surface area contributed by atoms with Crippen LogP contribution in [0.2, 0.25) is 0 Å². The number of aliphatic hydroxyl groups is 1. The van der Waals surface area contributed by atoms with Crippen molar-refractivity contribution in [2.75, 3.05) is 25.6 Å². The zero-order chi connectivity index (χ0) is 25.4. The predicted octanol–water partition coefficient (Wildman–Crippen LogP) is 2.13. The second-order valence-corrected chi connectivity index (χ2v) is 10.7. The van der Waals surface area contributed by atoms with Crippen LogP contribution in [-0.2, 0) is 28.9 Å². The lowest BCUT2D eigenvalue weighted by atomic mass is 9.87. The largest absolute Gasteiger partial charge is 0.394 e. The van der Waals surface area contributed by atoms with Crippen molar-refractivity contribution in [2.24, 2.45) is 0 Å². The van der Waals surface area contributed by atoms with Crippen LogP contribution in [0.3, 0.4) is 0 Å². The summed E-state index contributed by atoms with van der Waals surface area (Å²) >= 11 is 0.